The Bertz CT molecular complexity index is 655. The summed E-state index contributed by atoms with van der Waals surface area (Å²) in [4.78, 5) is 20.2. The number of amides is 1. The van der Waals surface area contributed by atoms with Crippen LogP contribution in [-0.2, 0) is 6.54 Å². The molecular weight excluding hydrogens is 268 g/mol. The van der Waals surface area contributed by atoms with Gasteiger partial charge in [0.1, 0.15) is 18.1 Å². The lowest BCUT2D eigenvalue weighted by molar-refractivity contribution is 0.102. The number of hydrogen-bond acceptors (Lipinski definition) is 5. The Kier molecular flexibility index (Phi) is 3.79. The van der Waals surface area contributed by atoms with Crippen LogP contribution < -0.4 is 15.4 Å². The molecule has 0 aliphatic carbocycles. The number of rotatable bonds is 2. The van der Waals surface area contributed by atoms with Crippen LogP contribution >= 0.6 is 0 Å². The minimum Gasteiger partial charge on any atom is -0.492 e. The number of hydrogen-bond donors (Lipinski definition) is 2. The van der Waals surface area contributed by atoms with Crippen LogP contribution in [0, 0.1) is 6.92 Å². The van der Waals surface area contributed by atoms with Crippen LogP contribution in [0.2, 0.25) is 0 Å². The predicted molar refractivity (Wildman–Crippen MR) is 78.4 cm³/mol. The molecule has 1 aliphatic heterocycles. The zero-order valence-corrected chi connectivity index (χ0v) is 11.7. The van der Waals surface area contributed by atoms with Crippen LogP contribution in [0.3, 0.4) is 0 Å². The Hall–Kier alpha value is -2.47. The molecule has 21 heavy (non-hydrogen) atoms. The molecule has 2 heterocycles. The highest BCUT2D eigenvalue weighted by Gasteiger charge is 2.12. The molecule has 0 spiro atoms. The highest BCUT2D eigenvalue weighted by atomic mass is 16.5. The van der Waals surface area contributed by atoms with E-state index in [0.29, 0.717) is 18.0 Å². The van der Waals surface area contributed by atoms with Crippen molar-refractivity contribution in [3.05, 3.63) is 47.5 Å². The lowest BCUT2D eigenvalue weighted by Gasteiger charge is -2.10. The van der Waals surface area contributed by atoms with Gasteiger partial charge in [-0.25, -0.2) is 4.98 Å². The summed E-state index contributed by atoms with van der Waals surface area (Å²) in [7, 11) is 0. The van der Waals surface area contributed by atoms with Crippen molar-refractivity contribution in [3.8, 4) is 5.75 Å². The number of nitrogens with zero attached hydrogens (tertiary/aromatic N) is 2. The van der Waals surface area contributed by atoms with Crippen LogP contribution in [-0.4, -0.2) is 29.0 Å². The van der Waals surface area contributed by atoms with Crippen LogP contribution in [0.1, 0.15) is 21.7 Å². The molecule has 0 saturated carbocycles. The molecule has 108 valence electrons. The maximum absolute atomic E-state index is 12.1. The van der Waals surface area contributed by atoms with Gasteiger partial charge >= 0.3 is 0 Å². The summed E-state index contributed by atoms with van der Waals surface area (Å²) in [6, 6.07) is 5.61. The second-order valence-corrected chi connectivity index (χ2v) is 4.84. The van der Waals surface area contributed by atoms with E-state index in [2.05, 4.69) is 20.6 Å². The van der Waals surface area contributed by atoms with Crippen molar-refractivity contribution in [1.29, 1.82) is 0 Å². The van der Waals surface area contributed by atoms with E-state index in [1.165, 1.54) is 6.20 Å². The van der Waals surface area contributed by atoms with E-state index in [4.69, 9.17) is 4.74 Å². The zero-order valence-electron chi connectivity index (χ0n) is 11.7. The van der Waals surface area contributed by atoms with E-state index in [1.54, 1.807) is 6.20 Å². The fourth-order valence-corrected chi connectivity index (χ4v) is 2.10. The van der Waals surface area contributed by atoms with Gasteiger partial charge in [0.2, 0.25) is 0 Å². The number of aromatic nitrogens is 2. The molecule has 2 aromatic rings. The summed E-state index contributed by atoms with van der Waals surface area (Å²) >= 11 is 0. The predicted octanol–water partition coefficient (Wildman–Crippen LogP) is 1.52. The first kappa shape index (κ1) is 13.5. The summed E-state index contributed by atoms with van der Waals surface area (Å²) in [5.74, 6) is 0.582. The minimum absolute atomic E-state index is 0.273. The Labute approximate surface area is 122 Å². The summed E-state index contributed by atoms with van der Waals surface area (Å²) < 4.78 is 5.61. The van der Waals surface area contributed by atoms with Crippen LogP contribution in [0.5, 0.6) is 5.75 Å². The first-order valence-corrected chi connectivity index (χ1v) is 6.79. The molecule has 1 amide bonds. The van der Waals surface area contributed by atoms with E-state index in [1.807, 2.05) is 25.1 Å². The quantitative estimate of drug-likeness (QED) is 0.874. The molecule has 1 aromatic heterocycles. The van der Waals surface area contributed by atoms with E-state index < -0.39 is 0 Å². The normalized spacial score (nSPS) is 13.8. The second kappa shape index (κ2) is 5.88. The second-order valence-electron chi connectivity index (χ2n) is 4.84. The van der Waals surface area contributed by atoms with Gasteiger partial charge in [-0.15, -0.1) is 0 Å². The smallest absolute Gasteiger partial charge is 0.275 e. The molecule has 0 unspecified atom stereocenters. The zero-order chi connectivity index (χ0) is 14.7. The van der Waals surface area contributed by atoms with Crippen molar-refractivity contribution in [1.82, 2.24) is 15.3 Å². The topological polar surface area (TPSA) is 76.1 Å². The lowest BCUT2D eigenvalue weighted by Crippen LogP contribution is -2.16. The highest BCUT2D eigenvalue weighted by molar-refractivity contribution is 6.02. The molecule has 0 saturated heterocycles. The maximum Gasteiger partial charge on any atom is 0.275 e. The van der Waals surface area contributed by atoms with Gasteiger partial charge in [-0.3, -0.25) is 9.78 Å². The summed E-state index contributed by atoms with van der Waals surface area (Å²) in [5, 5.41) is 6.09. The van der Waals surface area contributed by atoms with Crippen LogP contribution in [0.15, 0.2) is 30.6 Å². The number of aryl methyl sites for hydroxylation is 1. The van der Waals surface area contributed by atoms with E-state index >= 15 is 0 Å². The van der Waals surface area contributed by atoms with Gasteiger partial charge in [0.25, 0.3) is 5.91 Å². The van der Waals surface area contributed by atoms with Gasteiger partial charge in [-0.05, 0) is 25.1 Å². The van der Waals surface area contributed by atoms with E-state index in [-0.39, 0.29) is 5.91 Å². The number of nitrogens with one attached hydrogen (secondary N) is 2. The van der Waals surface area contributed by atoms with Gasteiger partial charge in [-0.1, -0.05) is 0 Å². The molecule has 0 atom stereocenters. The molecule has 1 aliphatic rings. The third-order valence-corrected chi connectivity index (χ3v) is 3.18. The van der Waals surface area contributed by atoms with E-state index in [9.17, 15) is 4.79 Å². The Balaban J connectivity index is 1.77. The summed E-state index contributed by atoms with van der Waals surface area (Å²) in [6.07, 6.45) is 3.04. The highest BCUT2D eigenvalue weighted by Crippen LogP contribution is 2.24. The SMILES string of the molecule is Cc1cnc(C(=O)Nc2ccc3c(c2)CNCCO3)cn1. The van der Waals surface area contributed by atoms with Crippen molar-refractivity contribution >= 4 is 11.6 Å². The molecule has 6 nitrogen and oxygen atoms in total. The number of fused-ring (bicyclic) bond motifs is 1. The van der Waals surface area contributed by atoms with Crippen molar-refractivity contribution in [2.24, 2.45) is 0 Å². The maximum atomic E-state index is 12.1. The number of anilines is 1. The fourth-order valence-electron chi connectivity index (χ4n) is 2.10. The van der Waals surface area contributed by atoms with Gasteiger partial charge in [0.15, 0.2) is 0 Å². The molecule has 2 N–H and O–H groups in total. The molecule has 0 bridgehead atoms. The molecule has 0 fully saturated rings. The Morgan fingerprint density at radius 3 is 3.05 bits per heavy atom. The third-order valence-electron chi connectivity index (χ3n) is 3.18. The summed E-state index contributed by atoms with van der Waals surface area (Å²) in [6.45, 7) is 4.02. The molecular formula is C15H16N4O2. The standard InChI is InChI=1S/C15H16N4O2/c1-10-7-18-13(9-17-10)15(20)19-12-2-3-14-11(6-12)8-16-4-5-21-14/h2-3,6-7,9,16H,4-5,8H2,1H3,(H,19,20). The number of ether oxygens (including phenoxy) is 1. The first-order valence-electron chi connectivity index (χ1n) is 6.79. The summed E-state index contributed by atoms with van der Waals surface area (Å²) in [5.41, 5.74) is 2.82. The number of benzene rings is 1. The molecule has 1 aromatic carbocycles. The van der Waals surface area contributed by atoms with E-state index in [0.717, 1.165) is 30.1 Å². The van der Waals surface area contributed by atoms with Crippen molar-refractivity contribution in [2.75, 3.05) is 18.5 Å². The minimum atomic E-state index is -0.273. The third kappa shape index (κ3) is 3.17. The van der Waals surface area contributed by atoms with Crippen LogP contribution in [0.25, 0.3) is 0 Å². The van der Waals surface area contributed by atoms with Crippen molar-refractivity contribution in [2.45, 2.75) is 13.5 Å². The van der Waals surface area contributed by atoms with Gasteiger partial charge in [0, 0.05) is 30.5 Å². The molecule has 0 radical (unpaired) electrons. The molecule has 6 heteroatoms. The first-order chi connectivity index (χ1) is 10.2. The van der Waals surface area contributed by atoms with Gasteiger partial charge in [0.05, 0.1) is 11.9 Å². The lowest BCUT2D eigenvalue weighted by atomic mass is 10.1. The average Bonchev–Trinajstić information content (AvgIpc) is 2.72. The molecule has 3 rings (SSSR count). The number of carbonyl (C=O) groups is 1. The van der Waals surface area contributed by atoms with Gasteiger partial charge < -0.3 is 15.4 Å². The van der Waals surface area contributed by atoms with Gasteiger partial charge in [-0.2, -0.15) is 0 Å². The monoisotopic (exact) mass is 284 g/mol. The van der Waals surface area contributed by atoms with Crippen LogP contribution in [0.4, 0.5) is 5.69 Å². The number of carbonyl (C=O) groups excluding carboxylic acids is 1. The average molecular weight is 284 g/mol. The Morgan fingerprint density at radius 2 is 2.24 bits per heavy atom. The Morgan fingerprint density at radius 1 is 1.33 bits per heavy atom. The van der Waals surface area contributed by atoms with Crippen molar-refractivity contribution < 1.29 is 9.53 Å². The fraction of sp³-hybridized carbons (Fsp3) is 0.267. The van der Waals surface area contributed by atoms with Crippen molar-refractivity contribution in [3.63, 3.8) is 0 Å². The largest absolute Gasteiger partial charge is 0.492 e.